The van der Waals surface area contributed by atoms with E-state index in [9.17, 15) is 9.18 Å². The third-order valence-corrected chi connectivity index (χ3v) is 3.59. The average Bonchev–Trinajstić information content (AvgIpc) is 2.92. The summed E-state index contributed by atoms with van der Waals surface area (Å²) in [4.78, 5) is 15.3. The Balaban J connectivity index is 2.17. The lowest BCUT2D eigenvalue weighted by atomic mass is 10.1. The monoisotopic (exact) mass is 321 g/mol. The highest BCUT2D eigenvalue weighted by molar-refractivity contribution is 6.00. The SMILES string of the molecule is N#C/C(=C\c1cn(Cc2ccccn2)c2cccc(F)c12)C(=O)O. The minimum absolute atomic E-state index is 0.280. The summed E-state index contributed by atoms with van der Waals surface area (Å²) in [5.74, 6) is -1.82. The number of halogens is 1. The van der Waals surface area contributed by atoms with Crippen molar-refractivity contribution in [3.8, 4) is 6.07 Å². The van der Waals surface area contributed by atoms with E-state index in [0.29, 0.717) is 17.6 Å². The molecular weight excluding hydrogens is 309 g/mol. The number of benzene rings is 1. The molecule has 1 N–H and O–H groups in total. The minimum atomic E-state index is -1.35. The number of aliphatic carboxylic acids is 1. The predicted octanol–water partition coefficient (Wildman–Crippen LogP) is 3.22. The molecule has 0 bridgehead atoms. The zero-order chi connectivity index (χ0) is 17.1. The molecule has 2 aromatic heterocycles. The van der Waals surface area contributed by atoms with Gasteiger partial charge in [-0.15, -0.1) is 0 Å². The molecule has 2 heterocycles. The van der Waals surface area contributed by atoms with E-state index < -0.39 is 17.4 Å². The van der Waals surface area contributed by atoms with Gasteiger partial charge in [0.2, 0.25) is 0 Å². The summed E-state index contributed by atoms with van der Waals surface area (Å²) in [5, 5.41) is 18.2. The van der Waals surface area contributed by atoms with Gasteiger partial charge in [0.15, 0.2) is 0 Å². The smallest absolute Gasteiger partial charge is 0.346 e. The van der Waals surface area contributed by atoms with Gasteiger partial charge in [-0.1, -0.05) is 12.1 Å². The molecule has 0 saturated heterocycles. The summed E-state index contributed by atoms with van der Waals surface area (Å²) in [6, 6.07) is 11.7. The maximum absolute atomic E-state index is 14.3. The molecule has 0 radical (unpaired) electrons. The highest BCUT2D eigenvalue weighted by atomic mass is 19.1. The third-order valence-electron chi connectivity index (χ3n) is 3.59. The molecule has 0 fully saturated rings. The van der Waals surface area contributed by atoms with Gasteiger partial charge in [0, 0.05) is 23.3 Å². The molecule has 0 aliphatic rings. The van der Waals surface area contributed by atoms with Gasteiger partial charge in [-0.05, 0) is 30.3 Å². The fourth-order valence-electron chi connectivity index (χ4n) is 2.54. The van der Waals surface area contributed by atoms with E-state index >= 15 is 0 Å². The molecule has 0 atom stereocenters. The van der Waals surface area contributed by atoms with Crippen molar-refractivity contribution in [1.29, 1.82) is 5.26 Å². The Hall–Kier alpha value is -3.46. The largest absolute Gasteiger partial charge is 0.477 e. The van der Waals surface area contributed by atoms with Crippen LogP contribution in [-0.2, 0) is 11.3 Å². The van der Waals surface area contributed by atoms with E-state index in [-0.39, 0.29) is 5.39 Å². The molecule has 0 aliphatic heterocycles. The van der Waals surface area contributed by atoms with Crippen molar-refractivity contribution in [2.75, 3.05) is 0 Å². The van der Waals surface area contributed by atoms with E-state index in [1.54, 1.807) is 41.2 Å². The molecule has 0 amide bonds. The number of carboxylic acids is 1. The van der Waals surface area contributed by atoms with Crippen LogP contribution >= 0.6 is 0 Å². The number of nitrogens with zero attached hydrogens (tertiary/aromatic N) is 3. The minimum Gasteiger partial charge on any atom is -0.477 e. The Labute approximate surface area is 136 Å². The van der Waals surface area contributed by atoms with E-state index in [2.05, 4.69) is 4.98 Å². The first-order valence-electron chi connectivity index (χ1n) is 7.12. The van der Waals surface area contributed by atoms with Crippen molar-refractivity contribution in [2.24, 2.45) is 0 Å². The van der Waals surface area contributed by atoms with Crippen LogP contribution in [-0.4, -0.2) is 20.6 Å². The molecule has 0 unspecified atom stereocenters. The Morgan fingerprint density at radius 3 is 2.83 bits per heavy atom. The van der Waals surface area contributed by atoms with Gasteiger partial charge >= 0.3 is 5.97 Å². The average molecular weight is 321 g/mol. The van der Waals surface area contributed by atoms with Gasteiger partial charge in [0.1, 0.15) is 17.5 Å². The standard InChI is InChI=1S/C18H12FN3O2/c19-15-5-3-6-16-17(15)13(8-12(9-20)18(23)24)10-22(16)11-14-4-1-2-7-21-14/h1-8,10H,11H2,(H,23,24)/b12-8+. The van der Waals surface area contributed by atoms with Crippen molar-refractivity contribution < 1.29 is 14.3 Å². The first kappa shape index (κ1) is 15.4. The van der Waals surface area contributed by atoms with Crippen molar-refractivity contribution in [1.82, 2.24) is 9.55 Å². The van der Waals surface area contributed by atoms with Crippen molar-refractivity contribution in [2.45, 2.75) is 6.54 Å². The predicted molar refractivity (Wildman–Crippen MR) is 86.5 cm³/mol. The van der Waals surface area contributed by atoms with Crippen LogP contribution in [0.5, 0.6) is 0 Å². The molecule has 1 aromatic carbocycles. The van der Waals surface area contributed by atoms with Gasteiger partial charge in [0.05, 0.1) is 17.8 Å². The number of nitriles is 1. The van der Waals surface area contributed by atoms with Crippen molar-refractivity contribution in [3.63, 3.8) is 0 Å². The zero-order valence-electron chi connectivity index (χ0n) is 12.5. The van der Waals surface area contributed by atoms with Crippen LogP contribution in [0.1, 0.15) is 11.3 Å². The lowest BCUT2D eigenvalue weighted by Gasteiger charge is -2.04. The number of pyridine rings is 1. The Bertz CT molecular complexity index is 985. The number of rotatable bonds is 4. The second-order valence-electron chi connectivity index (χ2n) is 5.14. The maximum Gasteiger partial charge on any atom is 0.346 e. The number of carbonyl (C=O) groups is 1. The maximum atomic E-state index is 14.3. The van der Waals surface area contributed by atoms with Crippen LogP contribution in [0.4, 0.5) is 4.39 Å². The Morgan fingerprint density at radius 1 is 1.33 bits per heavy atom. The quantitative estimate of drug-likeness (QED) is 0.591. The van der Waals surface area contributed by atoms with Gasteiger partial charge in [-0.3, -0.25) is 4.98 Å². The number of hydrogen-bond donors (Lipinski definition) is 1. The first-order valence-corrected chi connectivity index (χ1v) is 7.12. The van der Waals surface area contributed by atoms with Crippen LogP contribution < -0.4 is 0 Å². The summed E-state index contributed by atoms with van der Waals surface area (Å²) in [5.41, 5.74) is 1.29. The number of fused-ring (bicyclic) bond motifs is 1. The highest BCUT2D eigenvalue weighted by Gasteiger charge is 2.14. The zero-order valence-corrected chi connectivity index (χ0v) is 12.5. The van der Waals surface area contributed by atoms with Crippen molar-refractivity contribution in [3.05, 3.63) is 71.4 Å². The Morgan fingerprint density at radius 2 is 2.17 bits per heavy atom. The van der Waals surface area contributed by atoms with E-state index in [1.165, 1.54) is 12.1 Å². The first-order chi connectivity index (χ1) is 11.6. The van der Waals surface area contributed by atoms with Crippen LogP contribution in [0.25, 0.3) is 17.0 Å². The van der Waals surface area contributed by atoms with E-state index in [1.807, 2.05) is 12.1 Å². The van der Waals surface area contributed by atoms with E-state index in [4.69, 9.17) is 10.4 Å². The Kier molecular flexibility index (Phi) is 4.08. The summed E-state index contributed by atoms with van der Waals surface area (Å²) < 4.78 is 16.0. The molecule has 3 rings (SSSR count). The summed E-state index contributed by atoms with van der Waals surface area (Å²) in [7, 11) is 0. The second kappa shape index (κ2) is 6.34. The normalized spacial score (nSPS) is 11.4. The summed E-state index contributed by atoms with van der Waals surface area (Å²) in [6.45, 7) is 0.406. The second-order valence-corrected chi connectivity index (χ2v) is 5.14. The van der Waals surface area contributed by atoms with Gasteiger partial charge in [-0.25, -0.2) is 9.18 Å². The van der Waals surface area contributed by atoms with Crippen LogP contribution in [0, 0.1) is 17.1 Å². The van der Waals surface area contributed by atoms with Gasteiger partial charge in [-0.2, -0.15) is 5.26 Å². The number of hydrogen-bond acceptors (Lipinski definition) is 3. The molecule has 24 heavy (non-hydrogen) atoms. The lowest BCUT2D eigenvalue weighted by Crippen LogP contribution is -1.99. The summed E-state index contributed by atoms with van der Waals surface area (Å²) in [6.07, 6.45) is 4.48. The summed E-state index contributed by atoms with van der Waals surface area (Å²) >= 11 is 0. The molecular formula is C18H12FN3O2. The molecule has 0 spiro atoms. The topological polar surface area (TPSA) is 78.9 Å². The number of aromatic nitrogens is 2. The molecule has 3 aromatic rings. The molecule has 5 nitrogen and oxygen atoms in total. The fourth-order valence-corrected chi connectivity index (χ4v) is 2.54. The molecule has 0 aliphatic carbocycles. The highest BCUT2D eigenvalue weighted by Crippen LogP contribution is 2.27. The molecule has 118 valence electrons. The molecule has 0 saturated carbocycles. The number of carboxylic acid groups (broad SMARTS) is 1. The van der Waals surface area contributed by atoms with Gasteiger partial charge < -0.3 is 9.67 Å². The fraction of sp³-hybridized carbons (Fsp3) is 0.0556. The third kappa shape index (κ3) is 2.88. The van der Waals surface area contributed by atoms with Crippen LogP contribution in [0.15, 0.2) is 54.4 Å². The van der Waals surface area contributed by atoms with Gasteiger partial charge in [0.25, 0.3) is 0 Å². The van der Waals surface area contributed by atoms with E-state index in [0.717, 1.165) is 5.69 Å². The molecule has 6 heteroatoms. The lowest BCUT2D eigenvalue weighted by molar-refractivity contribution is -0.132. The van der Waals surface area contributed by atoms with Crippen LogP contribution in [0.3, 0.4) is 0 Å². The van der Waals surface area contributed by atoms with Crippen LogP contribution in [0.2, 0.25) is 0 Å². The van der Waals surface area contributed by atoms with Crippen molar-refractivity contribution >= 4 is 22.9 Å².